The van der Waals surface area contributed by atoms with Crippen molar-refractivity contribution in [3.05, 3.63) is 45.6 Å². The molecule has 0 radical (unpaired) electrons. The lowest BCUT2D eigenvalue weighted by atomic mass is 10.2. The van der Waals surface area contributed by atoms with Crippen LogP contribution < -0.4 is 10.6 Å². The number of hydrogen-bond donors (Lipinski definition) is 2. The zero-order chi connectivity index (χ0) is 14.7. The van der Waals surface area contributed by atoms with Crippen LogP contribution in [0.2, 0.25) is 0 Å². The summed E-state index contributed by atoms with van der Waals surface area (Å²) in [5.41, 5.74) is 2.11. The first kappa shape index (κ1) is 14.3. The number of rotatable bonds is 3. The lowest BCUT2D eigenvalue weighted by molar-refractivity contribution is -0.114. The number of amides is 2. The Balaban J connectivity index is 2.08. The van der Waals surface area contributed by atoms with Gasteiger partial charge in [-0.15, -0.1) is 11.3 Å². The van der Waals surface area contributed by atoms with E-state index in [4.69, 9.17) is 0 Å². The van der Waals surface area contributed by atoms with Gasteiger partial charge in [-0.3, -0.25) is 9.59 Å². The Labute approximate surface area is 121 Å². The van der Waals surface area contributed by atoms with Gasteiger partial charge in [0.15, 0.2) is 0 Å². The molecule has 0 aliphatic carbocycles. The number of carbonyl (C=O) groups excluding carboxylic acids is 2. The summed E-state index contributed by atoms with van der Waals surface area (Å²) in [6.07, 6.45) is 0. The van der Waals surface area contributed by atoms with Gasteiger partial charge in [0.25, 0.3) is 5.91 Å². The van der Waals surface area contributed by atoms with Crippen molar-refractivity contribution in [3.8, 4) is 0 Å². The van der Waals surface area contributed by atoms with Crippen molar-refractivity contribution in [1.29, 1.82) is 0 Å². The fraction of sp³-hybridized carbons (Fsp3) is 0.200. The topological polar surface area (TPSA) is 58.2 Å². The number of hydrogen-bond acceptors (Lipinski definition) is 3. The molecule has 20 heavy (non-hydrogen) atoms. The van der Waals surface area contributed by atoms with Crippen molar-refractivity contribution in [2.45, 2.75) is 20.8 Å². The fourth-order valence-corrected chi connectivity index (χ4v) is 2.82. The highest BCUT2D eigenvalue weighted by Crippen LogP contribution is 2.22. The second-order valence-electron chi connectivity index (χ2n) is 4.54. The van der Waals surface area contributed by atoms with Gasteiger partial charge in [-0.05, 0) is 44.2 Å². The maximum Gasteiger partial charge on any atom is 0.256 e. The van der Waals surface area contributed by atoms with E-state index in [0.29, 0.717) is 16.9 Å². The van der Waals surface area contributed by atoms with E-state index in [9.17, 15) is 9.59 Å². The van der Waals surface area contributed by atoms with Crippen molar-refractivity contribution >= 4 is 34.5 Å². The largest absolute Gasteiger partial charge is 0.326 e. The molecular formula is C15H16N2O2S. The Kier molecular flexibility index (Phi) is 4.20. The van der Waals surface area contributed by atoms with Gasteiger partial charge in [0, 0.05) is 28.1 Å². The van der Waals surface area contributed by atoms with E-state index in [-0.39, 0.29) is 11.8 Å². The second kappa shape index (κ2) is 5.88. The Hall–Kier alpha value is -2.14. The molecule has 0 spiro atoms. The van der Waals surface area contributed by atoms with Crippen LogP contribution in [0.15, 0.2) is 30.3 Å². The summed E-state index contributed by atoms with van der Waals surface area (Å²) in [6, 6.07) is 8.92. The second-order valence-corrected chi connectivity index (χ2v) is 6.00. The van der Waals surface area contributed by atoms with Crippen LogP contribution in [0.4, 0.5) is 11.4 Å². The van der Waals surface area contributed by atoms with Gasteiger partial charge in [-0.25, -0.2) is 0 Å². The average Bonchev–Trinajstić information content (AvgIpc) is 2.70. The zero-order valence-corrected chi connectivity index (χ0v) is 12.4. The van der Waals surface area contributed by atoms with Crippen LogP contribution in [-0.4, -0.2) is 11.8 Å². The molecule has 1 aromatic heterocycles. The van der Waals surface area contributed by atoms with E-state index >= 15 is 0 Å². The molecule has 104 valence electrons. The van der Waals surface area contributed by atoms with Gasteiger partial charge in [-0.1, -0.05) is 0 Å². The summed E-state index contributed by atoms with van der Waals surface area (Å²) in [6.45, 7) is 5.38. The summed E-state index contributed by atoms with van der Waals surface area (Å²) >= 11 is 1.61. The summed E-state index contributed by atoms with van der Waals surface area (Å²) in [5, 5.41) is 5.53. The van der Waals surface area contributed by atoms with Crippen LogP contribution in [0, 0.1) is 13.8 Å². The minimum absolute atomic E-state index is 0.112. The molecule has 2 aromatic rings. The molecule has 1 heterocycles. The maximum atomic E-state index is 12.1. The first-order valence-electron chi connectivity index (χ1n) is 6.22. The van der Waals surface area contributed by atoms with Crippen LogP contribution in [0.1, 0.15) is 27.0 Å². The lowest BCUT2D eigenvalue weighted by Gasteiger charge is -2.06. The SMILES string of the molecule is CC(=O)Nc1ccc(NC(=O)c2cc(C)sc2C)cc1. The molecule has 2 rings (SSSR count). The van der Waals surface area contributed by atoms with E-state index in [2.05, 4.69) is 10.6 Å². The minimum Gasteiger partial charge on any atom is -0.326 e. The first-order chi connectivity index (χ1) is 9.45. The van der Waals surface area contributed by atoms with Crippen molar-refractivity contribution in [1.82, 2.24) is 0 Å². The number of thiophene rings is 1. The molecule has 0 unspecified atom stereocenters. The van der Waals surface area contributed by atoms with Gasteiger partial charge in [0.1, 0.15) is 0 Å². The van der Waals surface area contributed by atoms with Crippen molar-refractivity contribution in [2.24, 2.45) is 0 Å². The number of anilines is 2. The van der Waals surface area contributed by atoms with Gasteiger partial charge >= 0.3 is 0 Å². The van der Waals surface area contributed by atoms with Crippen molar-refractivity contribution in [3.63, 3.8) is 0 Å². The highest BCUT2D eigenvalue weighted by atomic mass is 32.1. The Morgan fingerprint density at radius 1 is 1.00 bits per heavy atom. The third-order valence-electron chi connectivity index (χ3n) is 2.75. The van der Waals surface area contributed by atoms with Crippen LogP contribution in [0.3, 0.4) is 0 Å². The molecule has 2 amide bonds. The molecule has 5 heteroatoms. The van der Waals surface area contributed by atoms with Crippen LogP contribution in [0.25, 0.3) is 0 Å². The van der Waals surface area contributed by atoms with Gasteiger partial charge < -0.3 is 10.6 Å². The Morgan fingerprint density at radius 2 is 1.55 bits per heavy atom. The Morgan fingerprint density at radius 3 is 2.00 bits per heavy atom. The van der Waals surface area contributed by atoms with Gasteiger partial charge in [0.05, 0.1) is 5.56 Å². The average molecular weight is 288 g/mol. The molecule has 1 aromatic carbocycles. The van der Waals surface area contributed by atoms with Crippen LogP contribution >= 0.6 is 11.3 Å². The smallest absolute Gasteiger partial charge is 0.256 e. The lowest BCUT2D eigenvalue weighted by Crippen LogP contribution is -2.12. The van der Waals surface area contributed by atoms with Crippen molar-refractivity contribution < 1.29 is 9.59 Å². The first-order valence-corrected chi connectivity index (χ1v) is 7.03. The molecule has 0 saturated heterocycles. The van der Waals surface area contributed by atoms with Gasteiger partial charge in [-0.2, -0.15) is 0 Å². The minimum atomic E-state index is -0.119. The third-order valence-corrected chi connectivity index (χ3v) is 3.71. The molecule has 0 aliphatic rings. The summed E-state index contributed by atoms with van der Waals surface area (Å²) in [4.78, 5) is 25.2. The summed E-state index contributed by atoms with van der Waals surface area (Å²) < 4.78 is 0. The highest BCUT2D eigenvalue weighted by Gasteiger charge is 2.11. The Bertz CT molecular complexity index is 644. The molecule has 4 nitrogen and oxygen atoms in total. The number of aryl methyl sites for hydroxylation is 2. The summed E-state index contributed by atoms with van der Waals surface area (Å²) in [7, 11) is 0. The zero-order valence-electron chi connectivity index (χ0n) is 11.6. The normalized spacial score (nSPS) is 10.2. The van der Waals surface area contributed by atoms with E-state index in [0.717, 1.165) is 9.75 Å². The molecule has 0 atom stereocenters. The third kappa shape index (κ3) is 3.45. The van der Waals surface area contributed by atoms with E-state index in [1.165, 1.54) is 6.92 Å². The fourth-order valence-electron chi connectivity index (χ4n) is 1.89. The maximum absolute atomic E-state index is 12.1. The van der Waals surface area contributed by atoms with Gasteiger partial charge in [0.2, 0.25) is 5.91 Å². The number of nitrogens with one attached hydrogen (secondary N) is 2. The standard InChI is InChI=1S/C15H16N2O2S/c1-9-8-14(10(2)20-9)15(19)17-13-6-4-12(5-7-13)16-11(3)18/h4-8H,1-3H3,(H,16,18)(H,17,19). The molecule has 2 N–H and O–H groups in total. The highest BCUT2D eigenvalue weighted by molar-refractivity contribution is 7.12. The molecule has 0 bridgehead atoms. The van der Waals surface area contributed by atoms with E-state index in [1.807, 2.05) is 19.9 Å². The van der Waals surface area contributed by atoms with E-state index in [1.54, 1.807) is 35.6 Å². The molecular weight excluding hydrogens is 272 g/mol. The summed E-state index contributed by atoms with van der Waals surface area (Å²) in [5.74, 6) is -0.231. The van der Waals surface area contributed by atoms with Crippen LogP contribution in [-0.2, 0) is 4.79 Å². The molecule has 0 fully saturated rings. The predicted molar refractivity (Wildman–Crippen MR) is 82.5 cm³/mol. The number of carbonyl (C=O) groups is 2. The monoisotopic (exact) mass is 288 g/mol. The van der Waals surface area contributed by atoms with E-state index < -0.39 is 0 Å². The number of benzene rings is 1. The van der Waals surface area contributed by atoms with Crippen molar-refractivity contribution in [2.75, 3.05) is 10.6 Å². The predicted octanol–water partition coefficient (Wildman–Crippen LogP) is 3.58. The quantitative estimate of drug-likeness (QED) is 0.907. The molecule has 0 saturated carbocycles. The van der Waals surface area contributed by atoms with Crippen LogP contribution in [0.5, 0.6) is 0 Å². The molecule has 0 aliphatic heterocycles.